The summed E-state index contributed by atoms with van der Waals surface area (Å²) in [6, 6.07) is 18.2. The Morgan fingerprint density at radius 1 is 1.06 bits per heavy atom. The van der Waals surface area contributed by atoms with E-state index in [-0.39, 0.29) is 18.3 Å². The molecule has 5 heteroatoms. The minimum Gasteiger partial charge on any atom is -0.399 e. The van der Waals surface area contributed by atoms with Crippen molar-refractivity contribution in [1.82, 2.24) is 0 Å². The van der Waals surface area contributed by atoms with Gasteiger partial charge in [0.05, 0.1) is 11.5 Å². The van der Waals surface area contributed by atoms with E-state index >= 15 is 0 Å². The summed E-state index contributed by atoms with van der Waals surface area (Å²) in [6.45, 7) is 4.45. The summed E-state index contributed by atoms with van der Waals surface area (Å²) in [5, 5.41) is 0. The van der Waals surface area contributed by atoms with Gasteiger partial charge < -0.3 is 19.9 Å². The van der Waals surface area contributed by atoms with Crippen LogP contribution in [0.4, 0.5) is 5.69 Å². The zero-order chi connectivity index (χ0) is 23.9. The SMILES string of the molecule is CCC[C@@]1(CCc2ccccc2)CC(=O)C(C(CC)c2cccc(N)c2)C(OC)(OC)CO1. The number of aryl methyl sites for hydroxylation is 1. The lowest BCUT2D eigenvalue weighted by Gasteiger charge is -2.39. The molecule has 1 saturated heterocycles. The Bertz CT molecular complexity index is 896. The summed E-state index contributed by atoms with van der Waals surface area (Å²) < 4.78 is 18.5. The Kier molecular flexibility index (Phi) is 8.69. The average Bonchev–Trinajstić information content (AvgIpc) is 2.95. The van der Waals surface area contributed by atoms with E-state index in [1.54, 1.807) is 14.2 Å². The number of rotatable bonds is 10. The molecule has 0 amide bonds. The lowest BCUT2D eigenvalue weighted by atomic mass is 9.74. The standard InChI is InChI=1S/C28H39NO4/c1-5-16-27(17-15-21-11-8-7-9-12-21)19-25(30)26(28(31-3,32-4)20-33-27)24(6-2)22-13-10-14-23(29)18-22/h7-14,18,24,26H,5-6,15-17,19-20,29H2,1-4H3/t24?,26?,27-/m1/s1. The second kappa shape index (κ2) is 11.3. The van der Waals surface area contributed by atoms with Gasteiger partial charge in [-0.25, -0.2) is 0 Å². The minimum atomic E-state index is -1.15. The maximum absolute atomic E-state index is 14.0. The smallest absolute Gasteiger partial charge is 0.201 e. The van der Waals surface area contributed by atoms with Crippen LogP contribution in [0, 0.1) is 5.92 Å². The number of ether oxygens (including phenoxy) is 3. The van der Waals surface area contributed by atoms with Gasteiger partial charge in [0.25, 0.3) is 0 Å². The highest BCUT2D eigenvalue weighted by molar-refractivity contribution is 5.84. The van der Waals surface area contributed by atoms with Gasteiger partial charge in [0.2, 0.25) is 5.79 Å². The topological polar surface area (TPSA) is 70.8 Å². The van der Waals surface area contributed by atoms with Crippen molar-refractivity contribution in [3.05, 3.63) is 65.7 Å². The van der Waals surface area contributed by atoms with Crippen LogP contribution in [0.3, 0.4) is 0 Å². The number of hydrogen-bond acceptors (Lipinski definition) is 5. The first kappa shape index (κ1) is 25.4. The van der Waals surface area contributed by atoms with Crippen molar-refractivity contribution in [1.29, 1.82) is 0 Å². The van der Waals surface area contributed by atoms with Crippen molar-refractivity contribution in [2.45, 2.75) is 69.7 Å². The highest BCUT2D eigenvalue weighted by atomic mass is 16.7. The van der Waals surface area contributed by atoms with Crippen molar-refractivity contribution < 1.29 is 19.0 Å². The fourth-order valence-corrected chi connectivity index (χ4v) is 5.43. The molecule has 1 fully saturated rings. The first-order valence-electron chi connectivity index (χ1n) is 12.1. The van der Waals surface area contributed by atoms with Crippen molar-refractivity contribution in [3.63, 3.8) is 0 Å². The molecule has 5 nitrogen and oxygen atoms in total. The van der Waals surface area contributed by atoms with E-state index in [0.29, 0.717) is 12.1 Å². The van der Waals surface area contributed by atoms with Crippen LogP contribution >= 0.6 is 0 Å². The normalized spacial score (nSPS) is 23.8. The molecule has 2 unspecified atom stereocenters. The monoisotopic (exact) mass is 453 g/mol. The molecule has 0 radical (unpaired) electrons. The van der Waals surface area contributed by atoms with Gasteiger partial charge in [0.15, 0.2) is 0 Å². The molecule has 2 aromatic rings. The van der Waals surface area contributed by atoms with Gasteiger partial charge in [-0.05, 0) is 54.9 Å². The first-order chi connectivity index (χ1) is 15.9. The van der Waals surface area contributed by atoms with Gasteiger partial charge >= 0.3 is 0 Å². The number of methoxy groups -OCH3 is 2. The van der Waals surface area contributed by atoms with Crippen LogP contribution in [0.15, 0.2) is 54.6 Å². The third kappa shape index (κ3) is 5.65. The van der Waals surface area contributed by atoms with Crippen molar-refractivity contribution in [2.75, 3.05) is 26.6 Å². The van der Waals surface area contributed by atoms with E-state index in [2.05, 4.69) is 38.1 Å². The van der Waals surface area contributed by atoms with Gasteiger partial charge in [-0.1, -0.05) is 62.7 Å². The molecule has 1 heterocycles. The molecule has 0 aliphatic carbocycles. The highest BCUT2D eigenvalue weighted by Gasteiger charge is 2.53. The fraction of sp³-hybridized carbons (Fsp3) is 0.536. The van der Waals surface area contributed by atoms with Crippen LogP contribution in [0.25, 0.3) is 0 Å². The molecule has 1 aliphatic heterocycles. The van der Waals surface area contributed by atoms with E-state index < -0.39 is 17.3 Å². The van der Waals surface area contributed by atoms with Crippen molar-refractivity contribution in [3.8, 4) is 0 Å². The number of Topliss-reactive ketones (excluding diaryl/α,β-unsaturated/α-hetero) is 1. The van der Waals surface area contributed by atoms with E-state index in [4.69, 9.17) is 19.9 Å². The number of benzene rings is 2. The van der Waals surface area contributed by atoms with E-state index in [9.17, 15) is 4.79 Å². The molecule has 33 heavy (non-hydrogen) atoms. The number of nitrogen functional groups attached to an aromatic ring is 1. The van der Waals surface area contributed by atoms with Crippen LogP contribution in [-0.2, 0) is 25.4 Å². The number of nitrogens with two attached hydrogens (primary N) is 1. The third-order valence-electron chi connectivity index (χ3n) is 7.19. The molecule has 0 aromatic heterocycles. The molecule has 2 aromatic carbocycles. The summed E-state index contributed by atoms with van der Waals surface area (Å²) >= 11 is 0. The maximum atomic E-state index is 14.0. The number of anilines is 1. The molecular weight excluding hydrogens is 414 g/mol. The minimum absolute atomic E-state index is 0.0870. The zero-order valence-corrected chi connectivity index (χ0v) is 20.5. The molecule has 3 rings (SSSR count). The second-order valence-corrected chi connectivity index (χ2v) is 9.23. The molecular formula is C28H39NO4. The molecule has 3 atom stereocenters. The zero-order valence-electron chi connectivity index (χ0n) is 20.5. The molecule has 180 valence electrons. The second-order valence-electron chi connectivity index (χ2n) is 9.23. The molecule has 0 bridgehead atoms. The van der Waals surface area contributed by atoms with E-state index in [0.717, 1.165) is 37.7 Å². The van der Waals surface area contributed by atoms with Crippen molar-refractivity contribution in [2.24, 2.45) is 5.92 Å². The fourth-order valence-electron chi connectivity index (χ4n) is 5.43. The number of carbonyl (C=O) groups is 1. The predicted octanol–water partition coefficient (Wildman–Crippen LogP) is 5.53. The van der Waals surface area contributed by atoms with Gasteiger partial charge in [-0.3, -0.25) is 4.79 Å². The number of ketones is 1. The van der Waals surface area contributed by atoms with Gasteiger partial charge in [-0.2, -0.15) is 0 Å². The van der Waals surface area contributed by atoms with Gasteiger partial charge in [0, 0.05) is 26.3 Å². The average molecular weight is 454 g/mol. The maximum Gasteiger partial charge on any atom is 0.201 e. The van der Waals surface area contributed by atoms with Crippen molar-refractivity contribution >= 4 is 11.5 Å². The van der Waals surface area contributed by atoms with Crippen LogP contribution in [0.5, 0.6) is 0 Å². The summed E-state index contributed by atoms with van der Waals surface area (Å²) in [7, 11) is 3.21. The highest BCUT2D eigenvalue weighted by Crippen LogP contribution is 2.45. The summed E-state index contributed by atoms with van der Waals surface area (Å²) in [5.74, 6) is -1.59. The Hall–Kier alpha value is -2.21. The Balaban J connectivity index is 1.97. The molecule has 0 spiro atoms. The lowest BCUT2D eigenvalue weighted by Crippen LogP contribution is -2.50. The number of hydrogen-bond donors (Lipinski definition) is 1. The van der Waals surface area contributed by atoms with E-state index in [1.807, 2.05) is 30.3 Å². The van der Waals surface area contributed by atoms with Crippen LogP contribution < -0.4 is 5.73 Å². The first-order valence-corrected chi connectivity index (χ1v) is 12.1. The molecule has 2 N–H and O–H groups in total. The summed E-state index contributed by atoms with van der Waals surface area (Å²) in [5.41, 5.74) is 8.52. The number of carbonyl (C=O) groups excluding carboxylic acids is 1. The lowest BCUT2D eigenvalue weighted by molar-refractivity contribution is -0.269. The largest absolute Gasteiger partial charge is 0.399 e. The summed E-state index contributed by atoms with van der Waals surface area (Å²) in [6.07, 6.45) is 4.51. The quantitative estimate of drug-likeness (QED) is 0.378. The van der Waals surface area contributed by atoms with Crippen LogP contribution in [-0.4, -0.2) is 38.0 Å². The summed E-state index contributed by atoms with van der Waals surface area (Å²) in [4.78, 5) is 14.0. The predicted molar refractivity (Wildman–Crippen MR) is 132 cm³/mol. The van der Waals surface area contributed by atoms with E-state index in [1.165, 1.54) is 5.56 Å². The third-order valence-corrected chi connectivity index (χ3v) is 7.19. The van der Waals surface area contributed by atoms with Crippen LogP contribution in [0.2, 0.25) is 0 Å². The Morgan fingerprint density at radius 2 is 1.79 bits per heavy atom. The van der Waals surface area contributed by atoms with Crippen LogP contribution in [0.1, 0.15) is 63.0 Å². The van der Waals surface area contributed by atoms with Gasteiger partial charge in [-0.15, -0.1) is 0 Å². The van der Waals surface area contributed by atoms with Gasteiger partial charge in [0.1, 0.15) is 12.4 Å². The molecule has 0 saturated carbocycles. The molecule has 1 aliphatic rings. The Morgan fingerprint density at radius 3 is 2.39 bits per heavy atom. The Labute approximate surface area is 198 Å².